The lowest BCUT2D eigenvalue weighted by atomic mass is 10.2. The SMILES string of the molecule is COC(=O)c1cccc(NC(=O)CCn2ncc3cc(Cl)ccc32)c1. The number of nitrogens with zero attached hydrogens (tertiary/aromatic N) is 2. The minimum Gasteiger partial charge on any atom is -0.465 e. The van der Waals surface area contributed by atoms with Gasteiger partial charge in [-0.25, -0.2) is 4.79 Å². The quantitative estimate of drug-likeness (QED) is 0.709. The molecule has 3 rings (SSSR count). The van der Waals surface area contributed by atoms with Crippen molar-refractivity contribution in [3.63, 3.8) is 0 Å². The largest absolute Gasteiger partial charge is 0.465 e. The van der Waals surface area contributed by atoms with E-state index in [4.69, 9.17) is 11.6 Å². The predicted molar refractivity (Wildman–Crippen MR) is 95.8 cm³/mol. The molecule has 0 spiro atoms. The number of fused-ring (bicyclic) bond motifs is 1. The lowest BCUT2D eigenvalue weighted by Crippen LogP contribution is -2.15. The van der Waals surface area contributed by atoms with Crippen molar-refractivity contribution >= 4 is 40.1 Å². The number of ether oxygens (including phenoxy) is 1. The lowest BCUT2D eigenvalue weighted by molar-refractivity contribution is -0.116. The van der Waals surface area contributed by atoms with E-state index in [0.717, 1.165) is 10.9 Å². The number of hydrogen-bond donors (Lipinski definition) is 1. The average molecular weight is 358 g/mol. The number of amides is 1. The van der Waals surface area contributed by atoms with Gasteiger partial charge >= 0.3 is 5.97 Å². The Balaban J connectivity index is 1.64. The molecule has 3 aromatic rings. The molecular formula is C18H16ClN3O3. The fourth-order valence-corrected chi connectivity index (χ4v) is 2.69. The second kappa shape index (κ2) is 7.36. The Kier molecular flexibility index (Phi) is 5.00. The van der Waals surface area contributed by atoms with Gasteiger partial charge in [-0.05, 0) is 36.4 Å². The van der Waals surface area contributed by atoms with Crippen LogP contribution in [0.25, 0.3) is 10.9 Å². The number of anilines is 1. The van der Waals surface area contributed by atoms with Crippen LogP contribution >= 0.6 is 11.6 Å². The molecule has 25 heavy (non-hydrogen) atoms. The highest BCUT2D eigenvalue weighted by molar-refractivity contribution is 6.31. The van der Waals surface area contributed by atoms with Crippen molar-refractivity contribution in [3.8, 4) is 0 Å². The number of nitrogens with one attached hydrogen (secondary N) is 1. The van der Waals surface area contributed by atoms with Gasteiger partial charge in [0.05, 0.1) is 30.9 Å². The van der Waals surface area contributed by atoms with Gasteiger partial charge in [-0.15, -0.1) is 0 Å². The second-order valence-corrected chi connectivity index (χ2v) is 5.88. The topological polar surface area (TPSA) is 73.2 Å². The number of methoxy groups -OCH3 is 1. The summed E-state index contributed by atoms with van der Waals surface area (Å²) in [4.78, 5) is 23.7. The zero-order valence-electron chi connectivity index (χ0n) is 13.5. The highest BCUT2D eigenvalue weighted by Gasteiger charge is 2.09. The third-order valence-electron chi connectivity index (χ3n) is 3.72. The molecule has 7 heteroatoms. The van der Waals surface area contributed by atoms with Gasteiger partial charge in [-0.1, -0.05) is 17.7 Å². The summed E-state index contributed by atoms with van der Waals surface area (Å²) >= 11 is 5.96. The summed E-state index contributed by atoms with van der Waals surface area (Å²) in [5.74, 6) is -0.614. The summed E-state index contributed by atoms with van der Waals surface area (Å²) < 4.78 is 6.43. The van der Waals surface area contributed by atoms with E-state index in [9.17, 15) is 9.59 Å². The molecule has 1 amide bonds. The lowest BCUT2D eigenvalue weighted by Gasteiger charge is -2.07. The standard InChI is InChI=1S/C18H16ClN3O3/c1-25-18(24)12-3-2-4-15(10-12)21-17(23)7-8-22-16-6-5-14(19)9-13(16)11-20-22/h2-6,9-11H,7-8H2,1H3,(H,21,23). The molecule has 128 valence electrons. The number of hydrogen-bond acceptors (Lipinski definition) is 4. The van der Waals surface area contributed by atoms with E-state index in [1.165, 1.54) is 7.11 Å². The van der Waals surface area contributed by atoms with Gasteiger partial charge in [0.25, 0.3) is 0 Å². The molecule has 0 saturated carbocycles. The molecule has 1 N–H and O–H groups in total. The highest BCUT2D eigenvalue weighted by atomic mass is 35.5. The van der Waals surface area contributed by atoms with Crippen LogP contribution in [-0.2, 0) is 16.1 Å². The number of carbonyl (C=O) groups is 2. The molecule has 6 nitrogen and oxygen atoms in total. The normalized spacial score (nSPS) is 10.6. The van der Waals surface area contributed by atoms with Crippen LogP contribution in [0.15, 0.2) is 48.7 Å². The number of benzene rings is 2. The Bertz CT molecular complexity index is 936. The minimum absolute atomic E-state index is 0.167. The number of aryl methyl sites for hydroxylation is 1. The fourth-order valence-electron chi connectivity index (χ4n) is 2.51. The second-order valence-electron chi connectivity index (χ2n) is 5.44. The maximum atomic E-state index is 12.2. The van der Waals surface area contributed by atoms with Crippen LogP contribution < -0.4 is 5.32 Å². The van der Waals surface area contributed by atoms with Crippen LogP contribution in [0.3, 0.4) is 0 Å². The van der Waals surface area contributed by atoms with Crippen LogP contribution in [0.4, 0.5) is 5.69 Å². The maximum absolute atomic E-state index is 12.2. The summed E-state index contributed by atoms with van der Waals surface area (Å²) in [5.41, 5.74) is 1.85. The van der Waals surface area contributed by atoms with Crippen LogP contribution in [0, 0.1) is 0 Å². The molecular weight excluding hydrogens is 342 g/mol. The number of aromatic nitrogens is 2. The molecule has 0 saturated heterocycles. The van der Waals surface area contributed by atoms with Crippen molar-refractivity contribution in [2.75, 3.05) is 12.4 Å². The third-order valence-corrected chi connectivity index (χ3v) is 3.96. The van der Waals surface area contributed by atoms with Crippen molar-refractivity contribution in [3.05, 3.63) is 59.2 Å². The molecule has 0 aliphatic heterocycles. The van der Waals surface area contributed by atoms with Gasteiger partial charge in [0.2, 0.25) is 5.91 Å². The molecule has 2 aromatic carbocycles. The number of halogens is 1. The smallest absolute Gasteiger partial charge is 0.337 e. The van der Waals surface area contributed by atoms with E-state index in [1.807, 2.05) is 12.1 Å². The predicted octanol–water partition coefficient (Wildman–Crippen LogP) is 3.51. The van der Waals surface area contributed by atoms with Crippen molar-refractivity contribution in [1.82, 2.24) is 9.78 Å². The van der Waals surface area contributed by atoms with Gasteiger partial charge < -0.3 is 10.1 Å². The summed E-state index contributed by atoms with van der Waals surface area (Å²) in [6.45, 7) is 0.438. The summed E-state index contributed by atoms with van der Waals surface area (Å²) in [5, 5.41) is 8.63. The van der Waals surface area contributed by atoms with Crippen molar-refractivity contribution in [2.24, 2.45) is 0 Å². The van der Waals surface area contributed by atoms with E-state index < -0.39 is 5.97 Å². The Labute approximate surface area is 149 Å². The van der Waals surface area contributed by atoms with E-state index in [1.54, 1.807) is 41.2 Å². The molecule has 1 heterocycles. The van der Waals surface area contributed by atoms with Gasteiger partial charge in [0.1, 0.15) is 0 Å². The van der Waals surface area contributed by atoms with Crippen LogP contribution in [0.1, 0.15) is 16.8 Å². The van der Waals surface area contributed by atoms with Crippen molar-refractivity contribution in [1.29, 1.82) is 0 Å². The summed E-state index contributed by atoms with van der Waals surface area (Å²) in [6, 6.07) is 12.1. The first-order valence-corrected chi connectivity index (χ1v) is 8.04. The maximum Gasteiger partial charge on any atom is 0.337 e. The monoisotopic (exact) mass is 357 g/mol. The van der Waals surface area contributed by atoms with E-state index in [2.05, 4.69) is 15.2 Å². The Morgan fingerprint density at radius 2 is 2.08 bits per heavy atom. The molecule has 0 atom stereocenters. The van der Waals surface area contributed by atoms with Crippen molar-refractivity contribution < 1.29 is 14.3 Å². The summed E-state index contributed by atoms with van der Waals surface area (Å²) in [7, 11) is 1.31. The Morgan fingerprint density at radius 1 is 1.24 bits per heavy atom. The first-order valence-electron chi connectivity index (χ1n) is 7.66. The number of carbonyl (C=O) groups excluding carboxylic acids is 2. The van der Waals surface area contributed by atoms with Gasteiger partial charge in [-0.2, -0.15) is 5.10 Å². The van der Waals surface area contributed by atoms with E-state index >= 15 is 0 Å². The highest BCUT2D eigenvalue weighted by Crippen LogP contribution is 2.19. The molecule has 1 aromatic heterocycles. The third kappa shape index (κ3) is 3.97. The fraction of sp³-hybridized carbons (Fsp3) is 0.167. The zero-order valence-corrected chi connectivity index (χ0v) is 14.3. The minimum atomic E-state index is -0.447. The van der Waals surface area contributed by atoms with Gasteiger partial charge in [0, 0.05) is 22.5 Å². The Morgan fingerprint density at radius 3 is 2.88 bits per heavy atom. The Hall–Kier alpha value is -2.86. The average Bonchev–Trinajstić information content (AvgIpc) is 3.01. The molecule has 0 aliphatic carbocycles. The number of esters is 1. The molecule has 0 fully saturated rings. The van der Waals surface area contributed by atoms with Crippen LogP contribution in [0.5, 0.6) is 0 Å². The molecule has 0 radical (unpaired) electrons. The first-order chi connectivity index (χ1) is 12.1. The van der Waals surface area contributed by atoms with Crippen LogP contribution in [0.2, 0.25) is 5.02 Å². The molecule has 0 aliphatic rings. The van der Waals surface area contributed by atoms with E-state index in [-0.39, 0.29) is 12.3 Å². The van der Waals surface area contributed by atoms with Crippen molar-refractivity contribution in [2.45, 2.75) is 13.0 Å². The number of rotatable bonds is 5. The van der Waals surface area contributed by atoms with Crippen LogP contribution in [-0.4, -0.2) is 28.8 Å². The molecule has 0 unspecified atom stereocenters. The summed E-state index contributed by atoms with van der Waals surface area (Å²) in [6.07, 6.45) is 1.97. The van der Waals surface area contributed by atoms with Gasteiger partial charge in [0.15, 0.2) is 0 Å². The zero-order chi connectivity index (χ0) is 17.8. The van der Waals surface area contributed by atoms with E-state index in [0.29, 0.717) is 22.8 Å². The molecule has 0 bridgehead atoms. The van der Waals surface area contributed by atoms with Gasteiger partial charge in [-0.3, -0.25) is 9.48 Å². The first kappa shape index (κ1) is 17.0.